The molecular formula is C17H22N6O2. The van der Waals surface area contributed by atoms with Crippen LogP contribution in [-0.2, 0) is 6.61 Å². The minimum atomic E-state index is -0.405. The molecule has 1 aliphatic rings. The maximum Gasteiger partial charge on any atom is 0.315 e. The molecule has 2 amide bonds. The van der Waals surface area contributed by atoms with E-state index in [-0.39, 0.29) is 0 Å². The number of rotatable bonds is 4. The van der Waals surface area contributed by atoms with Gasteiger partial charge in [-0.3, -0.25) is 4.98 Å². The summed E-state index contributed by atoms with van der Waals surface area (Å²) < 4.78 is 5.87. The van der Waals surface area contributed by atoms with Gasteiger partial charge in [-0.15, -0.1) is 0 Å². The van der Waals surface area contributed by atoms with E-state index in [2.05, 4.69) is 19.9 Å². The van der Waals surface area contributed by atoms with E-state index in [1.807, 2.05) is 26.0 Å². The van der Waals surface area contributed by atoms with Gasteiger partial charge in [-0.1, -0.05) is 0 Å². The molecule has 8 nitrogen and oxygen atoms in total. The number of hydrogen-bond acceptors (Lipinski definition) is 6. The largest absolute Gasteiger partial charge is 0.470 e. The molecule has 0 atom stereocenters. The minimum Gasteiger partial charge on any atom is -0.470 e. The molecule has 0 radical (unpaired) electrons. The third-order valence-corrected chi connectivity index (χ3v) is 4.24. The molecule has 3 heterocycles. The van der Waals surface area contributed by atoms with E-state index >= 15 is 0 Å². The van der Waals surface area contributed by atoms with Crippen molar-refractivity contribution in [1.29, 1.82) is 0 Å². The lowest BCUT2D eigenvalue weighted by Crippen LogP contribution is -2.62. The van der Waals surface area contributed by atoms with Crippen LogP contribution < -0.4 is 15.4 Å². The van der Waals surface area contributed by atoms with E-state index in [4.69, 9.17) is 10.5 Å². The Morgan fingerprint density at radius 1 is 1.20 bits per heavy atom. The highest BCUT2D eigenvalue weighted by atomic mass is 16.5. The highest BCUT2D eigenvalue weighted by Gasteiger charge is 2.37. The Labute approximate surface area is 146 Å². The van der Waals surface area contributed by atoms with Gasteiger partial charge in [0.1, 0.15) is 6.61 Å². The summed E-state index contributed by atoms with van der Waals surface area (Å²) in [5, 5.41) is 0. The summed E-state index contributed by atoms with van der Waals surface area (Å²) in [5.74, 6) is 1.15. The van der Waals surface area contributed by atoms with Crippen LogP contribution >= 0.6 is 0 Å². The van der Waals surface area contributed by atoms with Gasteiger partial charge >= 0.3 is 6.03 Å². The lowest BCUT2D eigenvalue weighted by atomic mass is 9.99. The monoisotopic (exact) mass is 342 g/mol. The van der Waals surface area contributed by atoms with E-state index in [1.54, 1.807) is 29.7 Å². The first-order chi connectivity index (χ1) is 12.0. The van der Waals surface area contributed by atoms with Crippen molar-refractivity contribution >= 4 is 11.8 Å². The number of nitrogens with two attached hydrogens (primary N) is 1. The SMILES string of the molecule is CC1(C)CN(c2nccnc2OCc2ccncc2)CCN1C(N)=O. The lowest BCUT2D eigenvalue weighted by molar-refractivity contribution is 0.130. The number of aromatic nitrogens is 3. The van der Waals surface area contributed by atoms with Gasteiger partial charge in [0.25, 0.3) is 5.88 Å². The molecule has 2 aromatic rings. The van der Waals surface area contributed by atoms with Crippen molar-refractivity contribution < 1.29 is 9.53 Å². The fourth-order valence-electron chi connectivity index (χ4n) is 3.01. The Balaban J connectivity index is 1.76. The second kappa shape index (κ2) is 6.92. The van der Waals surface area contributed by atoms with Crippen molar-refractivity contribution in [2.24, 2.45) is 5.73 Å². The van der Waals surface area contributed by atoms with Crippen molar-refractivity contribution in [2.45, 2.75) is 26.0 Å². The smallest absolute Gasteiger partial charge is 0.315 e. The van der Waals surface area contributed by atoms with Gasteiger partial charge in [-0.05, 0) is 31.5 Å². The third-order valence-electron chi connectivity index (χ3n) is 4.24. The third kappa shape index (κ3) is 3.78. The summed E-state index contributed by atoms with van der Waals surface area (Å²) in [4.78, 5) is 28.1. The second-order valence-electron chi connectivity index (χ2n) is 6.55. The summed E-state index contributed by atoms with van der Waals surface area (Å²) in [6, 6.07) is 3.38. The molecule has 25 heavy (non-hydrogen) atoms. The zero-order valence-corrected chi connectivity index (χ0v) is 14.4. The Morgan fingerprint density at radius 3 is 2.60 bits per heavy atom. The number of urea groups is 1. The first-order valence-electron chi connectivity index (χ1n) is 8.12. The molecule has 1 saturated heterocycles. The molecule has 0 spiro atoms. The van der Waals surface area contributed by atoms with Gasteiger partial charge < -0.3 is 20.3 Å². The number of carbonyl (C=O) groups is 1. The molecule has 0 bridgehead atoms. The molecule has 1 fully saturated rings. The maximum absolute atomic E-state index is 11.6. The zero-order valence-electron chi connectivity index (χ0n) is 14.4. The number of ether oxygens (including phenoxy) is 1. The molecule has 0 saturated carbocycles. The van der Waals surface area contributed by atoms with Gasteiger partial charge in [0.15, 0.2) is 5.82 Å². The van der Waals surface area contributed by atoms with Crippen molar-refractivity contribution in [1.82, 2.24) is 19.9 Å². The van der Waals surface area contributed by atoms with Gasteiger partial charge in [0, 0.05) is 44.4 Å². The van der Waals surface area contributed by atoms with Crippen molar-refractivity contribution in [3.05, 3.63) is 42.5 Å². The van der Waals surface area contributed by atoms with Crippen LogP contribution in [0.3, 0.4) is 0 Å². The molecular weight excluding hydrogens is 320 g/mol. The Kier molecular flexibility index (Phi) is 4.69. The number of amides is 2. The summed E-state index contributed by atoms with van der Waals surface area (Å²) >= 11 is 0. The number of anilines is 1. The van der Waals surface area contributed by atoms with Gasteiger partial charge in [-0.2, -0.15) is 0 Å². The molecule has 3 rings (SSSR count). The Morgan fingerprint density at radius 2 is 1.92 bits per heavy atom. The van der Waals surface area contributed by atoms with Crippen molar-refractivity contribution in [3.8, 4) is 5.88 Å². The van der Waals surface area contributed by atoms with Crippen LogP contribution in [0.25, 0.3) is 0 Å². The van der Waals surface area contributed by atoms with E-state index in [0.29, 0.717) is 37.9 Å². The van der Waals surface area contributed by atoms with Gasteiger partial charge in [-0.25, -0.2) is 14.8 Å². The molecule has 2 aromatic heterocycles. The first-order valence-corrected chi connectivity index (χ1v) is 8.12. The molecule has 2 N–H and O–H groups in total. The average molecular weight is 342 g/mol. The Bertz CT molecular complexity index is 737. The normalized spacial score (nSPS) is 16.6. The van der Waals surface area contributed by atoms with Crippen LogP contribution in [0.15, 0.2) is 36.9 Å². The molecule has 0 aromatic carbocycles. The number of hydrogen-bond donors (Lipinski definition) is 1. The van der Waals surface area contributed by atoms with Gasteiger partial charge in [0.05, 0.1) is 5.54 Å². The fourth-order valence-corrected chi connectivity index (χ4v) is 3.01. The standard InChI is InChI=1S/C17H22N6O2/c1-17(2)12-22(9-10-23(17)16(18)24)14-15(21-8-7-20-14)25-11-13-3-5-19-6-4-13/h3-8H,9-12H2,1-2H3,(H2,18,24). The first kappa shape index (κ1) is 16.9. The number of nitrogens with zero attached hydrogens (tertiary/aromatic N) is 5. The summed E-state index contributed by atoms with van der Waals surface area (Å²) in [5.41, 5.74) is 6.09. The number of carbonyl (C=O) groups excluding carboxylic acids is 1. The highest BCUT2D eigenvalue weighted by Crippen LogP contribution is 2.29. The predicted octanol–water partition coefficient (Wildman–Crippen LogP) is 1.43. The van der Waals surface area contributed by atoms with Crippen LogP contribution in [0.5, 0.6) is 5.88 Å². The van der Waals surface area contributed by atoms with Crippen LogP contribution in [0, 0.1) is 0 Å². The fraction of sp³-hybridized carbons (Fsp3) is 0.412. The van der Waals surface area contributed by atoms with Crippen LogP contribution in [0.4, 0.5) is 10.6 Å². The van der Waals surface area contributed by atoms with E-state index in [1.165, 1.54) is 0 Å². The average Bonchev–Trinajstić information content (AvgIpc) is 2.60. The van der Waals surface area contributed by atoms with E-state index in [0.717, 1.165) is 5.56 Å². The van der Waals surface area contributed by atoms with Crippen LogP contribution in [0.2, 0.25) is 0 Å². The summed E-state index contributed by atoms with van der Waals surface area (Å²) in [6.45, 7) is 6.11. The quantitative estimate of drug-likeness (QED) is 0.903. The van der Waals surface area contributed by atoms with E-state index < -0.39 is 11.6 Å². The number of piperazine rings is 1. The van der Waals surface area contributed by atoms with Crippen LogP contribution in [-0.4, -0.2) is 51.1 Å². The topological polar surface area (TPSA) is 97.5 Å². The molecule has 132 valence electrons. The zero-order chi connectivity index (χ0) is 17.9. The number of primary amides is 1. The minimum absolute atomic E-state index is 0.388. The molecule has 1 aliphatic heterocycles. The molecule has 8 heteroatoms. The molecule has 0 aliphatic carbocycles. The van der Waals surface area contributed by atoms with Gasteiger partial charge in [0.2, 0.25) is 0 Å². The van der Waals surface area contributed by atoms with E-state index in [9.17, 15) is 4.79 Å². The number of pyridine rings is 1. The predicted molar refractivity (Wildman–Crippen MR) is 93.2 cm³/mol. The summed E-state index contributed by atoms with van der Waals surface area (Å²) in [7, 11) is 0. The lowest BCUT2D eigenvalue weighted by Gasteiger charge is -2.46. The Hall–Kier alpha value is -2.90. The van der Waals surface area contributed by atoms with Crippen molar-refractivity contribution in [3.63, 3.8) is 0 Å². The van der Waals surface area contributed by atoms with Crippen molar-refractivity contribution in [2.75, 3.05) is 24.5 Å². The maximum atomic E-state index is 11.6. The van der Waals surface area contributed by atoms with Crippen LogP contribution in [0.1, 0.15) is 19.4 Å². The highest BCUT2D eigenvalue weighted by molar-refractivity contribution is 5.73. The molecule has 0 unspecified atom stereocenters. The summed E-state index contributed by atoms with van der Waals surface area (Å²) in [6.07, 6.45) is 6.70. The second-order valence-corrected chi connectivity index (χ2v) is 6.55.